The first kappa shape index (κ1) is 17.5. The van der Waals surface area contributed by atoms with E-state index in [9.17, 15) is 13.2 Å². The Morgan fingerprint density at radius 1 is 1.17 bits per heavy atom. The van der Waals surface area contributed by atoms with Crippen LogP contribution in [0.15, 0.2) is 24.3 Å². The molecule has 1 aliphatic carbocycles. The van der Waals surface area contributed by atoms with Gasteiger partial charge in [-0.2, -0.15) is 0 Å². The number of carbonyl (C=O) groups is 1. The van der Waals surface area contributed by atoms with Crippen LogP contribution >= 0.6 is 11.6 Å². The van der Waals surface area contributed by atoms with Crippen molar-refractivity contribution >= 4 is 27.5 Å². The Hall–Kier alpha value is -1.31. The summed E-state index contributed by atoms with van der Waals surface area (Å²) in [7, 11) is -3.26. The number of piperidine rings is 1. The second kappa shape index (κ2) is 7.29. The highest BCUT2D eigenvalue weighted by Crippen LogP contribution is 2.24. The summed E-state index contributed by atoms with van der Waals surface area (Å²) in [5.41, 5.74) is 0. The minimum absolute atomic E-state index is 0.0562. The average Bonchev–Trinajstić information content (AvgIpc) is 3.37. The summed E-state index contributed by atoms with van der Waals surface area (Å²) in [6.45, 7) is 0.831. The topological polar surface area (TPSA) is 75.7 Å². The summed E-state index contributed by atoms with van der Waals surface area (Å²) in [4.78, 5) is 13.9. The molecule has 0 aromatic heterocycles. The lowest BCUT2D eigenvalue weighted by Crippen LogP contribution is -2.47. The highest BCUT2D eigenvalue weighted by Gasteiger charge is 2.35. The molecule has 0 spiro atoms. The number of benzene rings is 1. The van der Waals surface area contributed by atoms with Gasteiger partial charge >= 0.3 is 0 Å². The summed E-state index contributed by atoms with van der Waals surface area (Å²) >= 11 is 5.80. The summed E-state index contributed by atoms with van der Waals surface area (Å²) < 4.78 is 32.6. The van der Waals surface area contributed by atoms with Crippen molar-refractivity contribution < 1.29 is 17.9 Å². The Balaban J connectivity index is 1.45. The van der Waals surface area contributed by atoms with Crippen molar-refractivity contribution in [2.24, 2.45) is 0 Å². The first-order valence-corrected chi connectivity index (χ1v) is 10.0. The first-order valence-electron chi connectivity index (χ1n) is 8.11. The highest BCUT2D eigenvalue weighted by molar-refractivity contribution is 7.90. The van der Waals surface area contributed by atoms with Crippen LogP contribution in [-0.2, 0) is 14.8 Å². The normalized spacial score (nSPS) is 19.3. The van der Waals surface area contributed by atoms with Gasteiger partial charge in [0.15, 0.2) is 6.61 Å². The fourth-order valence-corrected chi connectivity index (χ4v) is 4.56. The van der Waals surface area contributed by atoms with Gasteiger partial charge in [-0.05, 0) is 49.9 Å². The van der Waals surface area contributed by atoms with Crippen molar-refractivity contribution in [1.82, 2.24) is 9.62 Å². The molecule has 6 nitrogen and oxygen atoms in total. The van der Waals surface area contributed by atoms with Gasteiger partial charge in [0.2, 0.25) is 10.0 Å². The number of hydrogen-bond donors (Lipinski definition) is 1. The lowest BCUT2D eigenvalue weighted by molar-refractivity contribution is -0.134. The molecule has 0 unspecified atom stereocenters. The van der Waals surface area contributed by atoms with E-state index in [-0.39, 0.29) is 18.6 Å². The number of nitrogens with zero attached hydrogens (tertiary/aromatic N) is 1. The number of nitrogens with one attached hydrogen (secondary N) is 1. The first-order chi connectivity index (χ1) is 11.4. The number of carbonyl (C=O) groups excluding carboxylic acids is 1. The van der Waals surface area contributed by atoms with Gasteiger partial charge in [0.25, 0.3) is 5.91 Å². The third-order valence-electron chi connectivity index (χ3n) is 4.32. The van der Waals surface area contributed by atoms with E-state index in [0.29, 0.717) is 36.7 Å². The number of amides is 1. The van der Waals surface area contributed by atoms with Crippen LogP contribution < -0.4 is 9.46 Å². The molecule has 2 aliphatic rings. The molecule has 1 saturated carbocycles. The number of hydrogen-bond acceptors (Lipinski definition) is 4. The molecule has 1 aliphatic heterocycles. The maximum atomic E-state index is 12.2. The molecular weight excluding hydrogens is 352 g/mol. The third kappa shape index (κ3) is 4.62. The monoisotopic (exact) mass is 372 g/mol. The van der Waals surface area contributed by atoms with E-state index in [1.165, 1.54) is 0 Å². The van der Waals surface area contributed by atoms with Crippen molar-refractivity contribution in [3.63, 3.8) is 0 Å². The SMILES string of the molecule is O=C(COc1ccc(Cl)cc1)N1CCC(S(=O)(=O)NC2CC2)CC1. The molecule has 0 radical (unpaired) electrons. The molecule has 1 aromatic carbocycles. The number of rotatable bonds is 6. The fourth-order valence-electron chi connectivity index (χ4n) is 2.71. The lowest BCUT2D eigenvalue weighted by atomic mass is 10.1. The van der Waals surface area contributed by atoms with Crippen LogP contribution in [0.25, 0.3) is 0 Å². The van der Waals surface area contributed by atoms with Crippen LogP contribution in [0.4, 0.5) is 0 Å². The fraction of sp³-hybridized carbons (Fsp3) is 0.562. The van der Waals surface area contributed by atoms with Gasteiger partial charge in [-0.1, -0.05) is 11.6 Å². The summed E-state index contributed by atoms with van der Waals surface area (Å²) in [5, 5.41) is 0.205. The number of likely N-dealkylation sites (tertiary alicyclic amines) is 1. The smallest absolute Gasteiger partial charge is 0.260 e. The van der Waals surface area contributed by atoms with Gasteiger partial charge in [0.1, 0.15) is 5.75 Å². The van der Waals surface area contributed by atoms with Gasteiger partial charge in [-0.25, -0.2) is 13.1 Å². The minimum atomic E-state index is -3.26. The van der Waals surface area contributed by atoms with Crippen molar-refractivity contribution in [2.75, 3.05) is 19.7 Å². The largest absolute Gasteiger partial charge is 0.484 e. The summed E-state index contributed by atoms with van der Waals surface area (Å²) in [6, 6.07) is 6.94. The van der Waals surface area contributed by atoms with Crippen LogP contribution in [0, 0.1) is 0 Å². The number of ether oxygens (including phenoxy) is 1. The van der Waals surface area contributed by atoms with Crippen LogP contribution in [-0.4, -0.2) is 50.2 Å². The van der Waals surface area contributed by atoms with Crippen molar-refractivity contribution in [1.29, 1.82) is 0 Å². The maximum Gasteiger partial charge on any atom is 0.260 e. The standard InChI is InChI=1S/C16H21ClN2O4S/c17-12-1-5-14(6-2-12)23-11-16(20)19-9-7-15(8-10-19)24(21,22)18-13-3-4-13/h1-2,5-6,13,15,18H,3-4,7-11H2. The predicted octanol–water partition coefficient (Wildman–Crippen LogP) is 1.79. The Labute approximate surface area is 147 Å². The zero-order valence-corrected chi connectivity index (χ0v) is 14.9. The van der Waals surface area contributed by atoms with Gasteiger partial charge in [0, 0.05) is 24.2 Å². The molecule has 1 heterocycles. The Morgan fingerprint density at radius 3 is 2.38 bits per heavy atom. The van der Waals surface area contributed by atoms with E-state index in [2.05, 4.69) is 4.72 Å². The van der Waals surface area contributed by atoms with Crippen molar-refractivity contribution in [3.8, 4) is 5.75 Å². The predicted molar refractivity (Wildman–Crippen MR) is 91.6 cm³/mol. The summed E-state index contributed by atoms with van der Waals surface area (Å²) in [5.74, 6) is 0.454. The molecule has 1 aromatic rings. The van der Waals surface area contributed by atoms with E-state index in [1.54, 1.807) is 29.2 Å². The van der Waals surface area contributed by atoms with Crippen LogP contribution in [0.3, 0.4) is 0 Å². The molecule has 24 heavy (non-hydrogen) atoms. The Morgan fingerprint density at radius 2 is 1.79 bits per heavy atom. The maximum absolute atomic E-state index is 12.2. The van der Waals surface area contributed by atoms with Crippen LogP contribution in [0.2, 0.25) is 5.02 Å². The Bertz CT molecular complexity index is 681. The molecule has 3 rings (SSSR count). The van der Waals surface area contributed by atoms with Gasteiger partial charge < -0.3 is 9.64 Å². The van der Waals surface area contributed by atoms with E-state index in [0.717, 1.165) is 12.8 Å². The van der Waals surface area contributed by atoms with Gasteiger partial charge in [-0.15, -0.1) is 0 Å². The van der Waals surface area contributed by atoms with E-state index < -0.39 is 15.3 Å². The second-order valence-electron chi connectivity index (χ2n) is 6.26. The van der Waals surface area contributed by atoms with Crippen molar-refractivity contribution in [3.05, 3.63) is 29.3 Å². The molecule has 132 valence electrons. The molecule has 0 bridgehead atoms. The highest BCUT2D eigenvalue weighted by atomic mass is 35.5. The van der Waals surface area contributed by atoms with E-state index in [1.807, 2.05) is 0 Å². The second-order valence-corrected chi connectivity index (χ2v) is 8.69. The average molecular weight is 373 g/mol. The zero-order valence-electron chi connectivity index (χ0n) is 13.3. The van der Waals surface area contributed by atoms with Gasteiger partial charge in [-0.3, -0.25) is 4.79 Å². The van der Waals surface area contributed by atoms with Crippen molar-refractivity contribution in [2.45, 2.75) is 37.0 Å². The quantitative estimate of drug-likeness (QED) is 0.826. The molecule has 8 heteroatoms. The van der Waals surface area contributed by atoms with Crippen LogP contribution in [0.1, 0.15) is 25.7 Å². The lowest BCUT2D eigenvalue weighted by Gasteiger charge is -2.31. The minimum Gasteiger partial charge on any atom is -0.484 e. The van der Waals surface area contributed by atoms with E-state index >= 15 is 0 Å². The molecule has 1 amide bonds. The molecule has 1 N–H and O–H groups in total. The Kier molecular flexibility index (Phi) is 5.32. The van der Waals surface area contributed by atoms with Gasteiger partial charge in [0.05, 0.1) is 5.25 Å². The van der Waals surface area contributed by atoms with E-state index in [4.69, 9.17) is 16.3 Å². The number of halogens is 1. The molecule has 0 atom stereocenters. The molecule has 2 fully saturated rings. The zero-order chi connectivity index (χ0) is 17.2. The third-order valence-corrected chi connectivity index (χ3v) is 6.58. The van der Waals surface area contributed by atoms with Crippen LogP contribution in [0.5, 0.6) is 5.75 Å². The molecular formula is C16H21ClN2O4S. The molecule has 1 saturated heterocycles. The number of sulfonamides is 1. The summed E-state index contributed by atoms with van der Waals surface area (Å²) in [6.07, 6.45) is 2.79.